The summed E-state index contributed by atoms with van der Waals surface area (Å²) >= 11 is 0. The predicted molar refractivity (Wildman–Crippen MR) is 93.0 cm³/mol. The molecule has 2 aromatic rings. The van der Waals surface area contributed by atoms with Crippen molar-refractivity contribution in [2.45, 2.75) is 12.8 Å². The number of rotatable bonds is 3. The number of amides is 1. The van der Waals surface area contributed by atoms with E-state index in [-0.39, 0.29) is 11.8 Å². The quantitative estimate of drug-likeness (QED) is 0.922. The highest BCUT2D eigenvalue weighted by molar-refractivity contribution is 5.93. The van der Waals surface area contributed by atoms with E-state index in [9.17, 15) is 4.79 Å². The van der Waals surface area contributed by atoms with Gasteiger partial charge in [0.25, 0.3) is 0 Å². The highest BCUT2D eigenvalue weighted by atomic mass is 16.6. The molecular formula is C18H20N4O3. The summed E-state index contributed by atoms with van der Waals surface area (Å²) in [6, 6.07) is 7.27. The van der Waals surface area contributed by atoms with Crippen molar-refractivity contribution in [3.8, 4) is 11.5 Å². The highest BCUT2D eigenvalue weighted by Gasteiger charge is 2.27. The Morgan fingerprint density at radius 1 is 1.16 bits per heavy atom. The average Bonchev–Trinajstić information content (AvgIpc) is 2.69. The van der Waals surface area contributed by atoms with E-state index in [0.29, 0.717) is 37.2 Å². The van der Waals surface area contributed by atoms with Gasteiger partial charge in [0.05, 0.1) is 5.92 Å². The van der Waals surface area contributed by atoms with Crippen LogP contribution in [0.15, 0.2) is 36.7 Å². The molecule has 1 aromatic carbocycles. The number of piperidine rings is 1. The number of carbonyl (C=O) groups excluding carboxylic acids is 1. The number of nitrogens with one attached hydrogen (secondary N) is 1. The number of anilines is 2. The smallest absolute Gasteiger partial charge is 0.229 e. The molecule has 1 fully saturated rings. The van der Waals surface area contributed by atoms with E-state index in [2.05, 4.69) is 20.2 Å². The molecule has 3 heterocycles. The maximum atomic E-state index is 12.7. The van der Waals surface area contributed by atoms with Crippen LogP contribution < -0.4 is 19.7 Å². The second-order valence-electron chi connectivity index (χ2n) is 6.18. The van der Waals surface area contributed by atoms with Crippen LogP contribution in [0.3, 0.4) is 0 Å². The van der Waals surface area contributed by atoms with E-state index >= 15 is 0 Å². The zero-order valence-electron chi connectivity index (χ0n) is 13.9. The lowest BCUT2D eigenvalue weighted by molar-refractivity contribution is -0.120. The van der Waals surface area contributed by atoms with Crippen molar-refractivity contribution < 1.29 is 14.3 Å². The molecule has 1 atom stereocenters. The van der Waals surface area contributed by atoms with Gasteiger partial charge in [0.2, 0.25) is 11.9 Å². The third-order valence-corrected chi connectivity index (χ3v) is 4.44. The van der Waals surface area contributed by atoms with Gasteiger partial charge >= 0.3 is 0 Å². The first-order valence-electron chi connectivity index (χ1n) is 8.52. The van der Waals surface area contributed by atoms with E-state index in [1.54, 1.807) is 18.5 Å². The molecule has 0 saturated carbocycles. The van der Waals surface area contributed by atoms with Crippen LogP contribution in [0.5, 0.6) is 11.5 Å². The Hall–Kier alpha value is -2.83. The number of carbonyl (C=O) groups is 1. The SMILES string of the molecule is O=C(Nc1ccc2c(c1)OCCO2)[C@@H]1CCCN(c2ncccn2)C1. The monoisotopic (exact) mass is 340 g/mol. The predicted octanol–water partition coefficient (Wildman–Crippen LogP) is 2.10. The molecule has 7 heteroatoms. The number of fused-ring (bicyclic) bond motifs is 1. The van der Waals surface area contributed by atoms with Crippen LogP contribution in [0.1, 0.15) is 12.8 Å². The van der Waals surface area contributed by atoms with Crippen molar-refractivity contribution in [1.29, 1.82) is 0 Å². The fourth-order valence-corrected chi connectivity index (χ4v) is 3.19. The van der Waals surface area contributed by atoms with Gasteiger partial charge in [0.1, 0.15) is 13.2 Å². The Morgan fingerprint density at radius 2 is 1.96 bits per heavy atom. The molecule has 7 nitrogen and oxygen atoms in total. The maximum Gasteiger partial charge on any atom is 0.229 e. The average molecular weight is 340 g/mol. The summed E-state index contributed by atoms with van der Waals surface area (Å²) in [4.78, 5) is 23.3. The van der Waals surface area contributed by atoms with Crippen molar-refractivity contribution in [1.82, 2.24) is 9.97 Å². The largest absolute Gasteiger partial charge is 0.486 e. The van der Waals surface area contributed by atoms with Gasteiger partial charge in [-0.1, -0.05) is 0 Å². The minimum absolute atomic E-state index is 0.0114. The van der Waals surface area contributed by atoms with Crippen molar-refractivity contribution in [3.63, 3.8) is 0 Å². The molecule has 130 valence electrons. The fraction of sp³-hybridized carbons (Fsp3) is 0.389. The summed E-state index contributed by atoms with van der Waals surface area (Å²) in [5.74, 6) is 1.99. The first-order valence-corrected chi connectivity index (χ1v) is 8.52. The van der Waals surface area contributed by atoms with Crippen molar-refractivity contribution in [2.24, 2.45) is 5.92 Å². The molecule has 1 N–H and O–H groups in total. The molecule has 1 saturated heterocycles. The molecule has 25 heavy (non-hydrogen) atoms. The third-order valence-electron chi connectivity index (χ3n) is 4.44. The molecule has 0 radical (unpaired) electrons. The van der Waals surface area contributed by atoms with E-state index < -0.39 is 0 Å². The Bertz CT molecular complexity index is 753. The lowest BCUT2D eigenvalue weighted by Gasteiger charge is -2.32. The first kappa shape index (κ1) is 15.7. The van der Waals surface area contributed by atoms with Gasteiger partial charge < -0.3 is 19.7 Å². The minimum Gasteiger partial charge on any atom is -0.486 e. The number of hydrogen-bond donors (Lipinski definition) is 1. The van der Waals surface area contributed by atoms with Crippen molar-refractivity contribution >= 4 is 17.5 Å². The Kier molecular flexibility index (Phi) is 4.37. The molecule has 2 aliphatic heterocycles. The van der Waals surface area contributed by atoms with E-state index in [4.69, 9.17) is 9.47 Å². The van der Waals surface area contributed by atoms with Gasteiger partial charge in [-0.3, -0.25) is 4.79 Å². The van der Waals surface area contributed by atoms with Crippen LogP contribution >= 0.6 is 0 Å². The standard InChI is InChI=1S/C18H20N4O3/c23-17(21-14-4-5-15-16(11-14)25-10-9-24-15)13-3-1-8-22(12-13)18-19-6-2-7-20-18/h2,4-7,11,13H,1,3,8-10,12H2,(H,21,23)/t13-/m1/s1. The molecule has 1 aromatic heterocycles. The molecule has 0 spiro atoms. The number of nitrogens with zero attached hydrogens (tertiary/aromatic N) is 3. The normalized spacial score (nSPS) is 19.4. The van der Waals surface area contributed by atoms with Crippen molar-refractivity contribution in [3.05, 3.63) is 36.7 Å². The summed E-state index contributed by atoms with van der Waals surface area (Å²) in [6.45, 7) is 2.58. The van der Waals surface area contributed by atoms with Gasteiger partial charge in [-0.2, -0.15) is 0 Å². The highest BCUT2D eigenvalue weighted by Crippen LogP contribution is 2.33. The van der Waals surface area contributed by atoms with Crippen LogP contribution in [0.4, 0.5) is 11.6 Å². The lowest BCUT2D eigenvalue weighted by atomic mass is 9.97. The minimum atomic E-state index is -0.0919. The number of ether oxygens (including phenoxy) is 2. The second kappa shape index (κ2) is 6.96. The second-order valence-corrected chi connectivity index (χ2v) is 6.18. The topological polar surface area (TPSA) is 76.6 Å². The lowest BCUT2D eigenvalue weighted by Crippen LogP contribution is -2.41. The number of hydrogen-bond acceptors (Lipinski definition) is 6. The first-order chi connectivity index (χ1) is 12.3. The van der Waals surface area contributed by atoms with E-state index in [1.807, 2.05) is 18.2 Å². The Balaban J connectivity index is 1.42. The molecule has 0 bridgehead atoms. The number of aromatic nitrogens is 2. The summed E-state index contributed by atoms with van der Waals surface area (Å²) in [5.41, 5.74) is 0.724. The van der Waals surface area contributed by atoms with Crippen LogP contribution in [-0.4, -0.2) is 42.2 Å². The Labute approximate surface area is 146 Å². The van der Waals surface area contributed by atoms with Crippen LogP contribution in [0, 0.1) is 5.92 Å². The van der Waals surface area contributed by atoms with Crippen LogP contribution in [0.2, 0.25) is 0 Å². The Morgan fingerprint density at radius 3 is 2.80 bits per heavy atom. The molecule has 0 unspecified atom stereocenters. The summed E-state index contributed by atoms with van der Waals surface area (Å²) in [7, 11) is 0. The zero-order valence-corrected chi connectivity index (χ0v) is 13.9. The van der Waals surface area contributed by atoms with E-state index in [0.717, 1.165) is 25.1 Å². The fourth-order valence-electron chi connectivity index (χ4n) is 3.19. The van der Waals surface area contributed by atoms with Crippen LogP contribution in [0.25, 0.3) is 0 Å². The molecule has 1 amide bonds. The van der Waals surface area contributed by atoms with Gasteiger partial charge in [-0.15, -0.1) is 0 Å². The third kappa shape index (κ3) is 3.50. The molecule has 4 rings (SSSR count). The van der Waals surface area contributed by atoms with Gasteiger partial charge in [-0.05, 0) is 31.0 Å². The zero-order chi connectivity index (χ0) is 17.1. The summed E-state index contributed by atoms with van der Waals surface area (Å²) in [5, 5.41) is 2.99. The van der Waals surface area contributed by atoms with E-state index in [1.165, 1.54) is 0 Å². The summed E-state index contributed by atoms with van der Waals surface area (Å²) < 4.78 is 11.1. The van der Waals surface area contributed by atoms with Gasteiger partial charge in [-0.25, -0.2) is 9.97 Å². The molecular weight excluding hydrogens is 320 g/mol. The van der Waals surface area contributed by atoms with Crippen molar-refractivity contribution in [2.75, 3.05) is 36.5 Å². The number of benzene rings is 1. The molecule has 0 aliphatic carbocycles. The van der Waals surface area contributed by atoms with Gasteiger partial charge in [0, 0.05) is 37.2 Å². The van der Waals surface area contributed by atoms with Crippen LogP contribution in [-0.2, 0) is 4.79 Å². The van der Waals surface area contributed by atoms with Gasteiger partial charge in [0.15, 0.2) is 11.5 Å². The maximum absolute atomic E-state index is 12.7. The molecule has 2 aliphatic rings. The summed E-state index contributed by atoms with van der Waals surface area (Å²) in [6.07, 6.45) is 5.25.